The van der Waals surface area contributed by atoms with Crippen molar-refractivity contribution in [2.45, 2.75) is 83.0 Å². The molecule has 0 aliphatic heterocycles. The van der Waals surface area contributed by atoms with Gasteiger partial charge in [-0.1, -0.05) is 63.3 Å². The number of unbranched alkanes of at least 4 members (excludes halogenated alkanes) is 5. The standard InChI is InChI=1S/C24H41NO6/c1-2-3-4-5-6-7-8-19-9-11-20(12-10-19)13-14-21(27)23(28)22(25)24(29)31-18-17-30-16-15-26/h9-12,21-23,26-28H,2-8,13-18,25H2,1H3. The number of hydrogen-bond donors (Lipinski definition) is 4. The van der Waals surface area contributed by atoms with Crippen LogP contribution >= 0.6 is 0 Å². The first-order chi connectivity index (χ1) is 15.0. The van der Waals surface area contributed by atoms with Crippen LogP contribution in [0, 0.1) is 0 Å². The molecule has 3 unspecified atom stereocenters. The van der Waals surface area contributed by atoms with E-state index in [9.17, 15) is 15.0 Å². The molecule has 1 rings (SSSR count). The van der Waals surface area contributed by atoms with E-state index in [1.165, 1.54) is 44.1 Å². The second-order valence-electron chi connectivity index (χ2n) is 7.96. The summed E-state index contributed by atoms with van der Waals surface area (Å²) in [5.41, 5.74) is 8.09. The molecule has 0 heterocycles. The van der Waals surface area contributed by atoms with E-state index in [1.54, 1.807) is 0 Å². The van der Waals surface area contributed by atoms with Gasteiger partial charge >= 0.3 is 5.97 Å². The van der Waals surface area contributed by atoms with Crippen LogP contribution < -0.4 is 5.73 Å². The lowest BCUT2D eigenvalue weighted by molar-refractivity contribution is -0.151. The topological polar surface area (TPSA) is 122 Å². The maximum atomic E-state index is 11.9. The fourth-order valence-electron chi connectivity index (χ4n) is 3.31. The molecule has 7 heteroatoms. The number of carbonyl (C=O) groups is 1. The number of hydrogen-bond acceptors (Lipinski definition) is 7. The van der Waals surface area contributed by atoms with Crippen molar-refractivity contribution in [3.8, 4) is 0 Å². The van der Waals surface area contributed by atoms with Gasteiger partial charge in [0.05, 0.1) is 25.9 Å². The van der Waals surface area contributed by atoms with Crippen LogP contribution in [0.3, 0.4) is 0 Å². The van der Waals surface area contributed by atoms with E-state index in [0.29, 0.717) is 12.8 Å². The largest absolute Gasteiger partial charge is 0.462 e. The average Bonchev–Trinajstić information content (AvgIpc) is 2.79. The molecule has 1 aromatic rings. The summed E-state index contributed by atoms with van der Waals surface area (Å²) < 4.78 is 9.89. The molecule has 5 N–H and O–H groups in total. The van der Waals surface area contributed by atoms with E-state index in [2.05, 4.69) is 19.1 Å². The molecule has 1 aromatic carbocycles. The van der Waals surface area contributed by atoms with Gasteiger partial charge in [0, 0.05) is 0 Å². The van der Waals surface area contributed by atoms with Crippen LogP contribution in [0.25, 0.3) is 0 Å². The predicted octanol–water partition coefficient (Wildman–Crippen LogP) is 2.12. The molecular formula is C24H41NO6. The van der Waals surface area contributed by atoms with Crippen molar-refractivity contribution in [2.24, 2.45) is 5.73 Å². The zero-order valence-corrected chi connectivity index (χ0v) is 18.9. The number of nitrogens with two attached hydrogens (primary N) is 1. The van der Waals surface area contributed by atoms with Gasteiger partial charge in [-0.25, -0.2) is 0 Å². The summed E-state index contributed by atoms with van der Waals surface area (Å²) in [6.07, 6.45) is 7.10. The van der Waals surface area contributed by atoms with Gasteiger partial charge in [-0.05, 0) is 36.8 Å². The fourth-order valence-corrected chi connectivity index (χ4v) is 3.31. The Balaban J connectivity index is 2.28. The van der Waals surface area contributed by atoms with Gasteiger partial charge in [0.25, 0.3) is 0 Å². The molecule has 0 bridgehead atoms. The minimum Gasteiger partial charge on any atom is -0.462 e. The van der Waals surface area contributed by atoms with Crippen molar-refractivity contribution in [3.05, 3.63) is 35.4 Å². The van der Waals surface area contributed by atoms with Crippen LogP contribution in [0.2, 0.25) is 0 Å². The molecular weight excluding hydrogens is 398 g/mol. The Morgan fingerprint density at radius 3 is 2.19 bits per heavy atom. The summed E-state index contributed by atoms with van der Waals surface area (Å²) in [5, 5.41) is 29.0. The number of ether oxygens (including phenoxy) is 2. The Labute approximate surface area is 186 Å². The predicted molar refractivity (Wildman–Crippen MR) is 121 cm³/mol. The first kappa shape index (κ1) is 27.5. The van der Waals surface area contributed by atoms with Crippen molar-refractivity contribution >= 4 is 5.97 Å². The lowest BCUT2D eigenvalue weighted by Gasteiger charge is -2.22. The summed E-state index contributed by atoms with van der Waals surface area (Å²) in [4.78, 5) is 11.9. The first-order valence-corrected chi connectivity index (χ1v) is 11.5. The number of carbonyl (C=O) groups excluding carboxylic acids is 1. The van der Waals surface area contributed by atoms with E-state index in [-0.39, 0.29) is 26.4 Å². The Bertz CT molecular complexity index is 580. The number of aryl methyl sites for hydroxylation is 2. The normalized spacial score (nSPS) is 14.2. The molecule has 0 spiro atoms. The maximum absolute atomic E-state index is 11.9. The Morgan fingerprint density at radius 1 is 0.935 bits per heavy atom. The van der Waals surface area contributed by atoms with E-state index < -0.39 is 24.2 Å². The zero-order valence-electron chi connectivity index (χ0n) is 18.9. The maximum Gasteiger partial charge on any atom is 0.325 e. The van der Waals surface area contributed by atoms with Gasteiger partial charge in [0.1, 0.15) is 18.8 Å². The molecule has 0 radical (unpaired) electrons. The number of esters is 1. The number of aliphatic hydroxyl groups excluding tert-OH is 3. The number of rotatable bonds is 18. The molecule has 0 saturated carbocycles. The summed E-state index contributed by atoms with van der Waals surface area (Å²) in [6.45, 7) is 2.38. The van der Waals surface area contributed by atoms with E-state index >= 15 is 0 Å². The van der Waals surface area contributed by atoms with Crippen LogP contribution in [0.1, 0.15) is 63.0 Å². The number of benzene rings is 1. The van der Waals surface area contributed by atoms with Crippen molar-refractivity contribution < 1.29 is 29.6 Å². The van der Waals surface area contributed by atoms with Crippen LogP contribution in [0.4, 0.5) is 0 Å². The highest BCUT2D eigenvalue weighted by atomic mass is 16.6. The highest BCUT2D eigenvalue weighted by Gasteiger charge is 2.29. The van der Waals surface area contributed by atoms with Gasteiger partial charge in [-0.3, -0.25) is 4.79 Å². The quantitative estimate of drug-likeness (QED) is 0.204. The second kappa shape index (κ2) is 17.1. The molecule has 0 amide bonds. The SMILES string of the molecule is CCCCCCCCc1ccc(CCC(O)C(O)C(N)C(=O)OCCOCCO)cc1. The molecule has 31 heavy (non-hydrogen) atoms. The van der Waals surface area contributed by atoms with Crippen molar-refractivity contribution in [1.82, 2.24) is 0 Å². The highest BCUT2D eigenvalue weighted by Crippen LogP contribution is 2.14. The van der Waals surface area contributed by atoms with Crippen LogP contribution in [-0.2, 0) is 27.1 Å². The van der Waals surface area contributed by atoms with Crippen LogP contribution in [0.5, 0.6) is 0 Å². The Kier molecular flexibility index (Phi) is 15.2. The van der Waals surface area contributed by atoms with Crippen LogP contribution in [0.15, 0.2) is 24.3 Å². The van der Waals surface area contributed by atoms with Crippen molar-refractivity contribution in [2.75, 3.05) is 26.4 Å². The van der Waals surface area contributed by atoms with Gasteiger partial charge in [0.15, 0.2) is 0 Å². The lowest BCUT2D eigenvalue weighted by Crippen LogP contribution is -2.49. The molecule has 0 aromatic heterocycles. The first-order valence-electron chi connectivity index (χ1n) is 11.5. The lowest BCUT2D eigenvalue weighted by atomic mass is 9.98. The molecule has 178 valence electrons. The molecule has 0 aliphatic carbocycles. The summed E-state index contributed by atoms with van der Waals surface area (Å²) in [5.74, 6) is -0.793. The molecule has 3 atom stereocenters. The van der Waals surface area contributed by atoms with E-state index in [4.69, 9.17) is 20.3 Å². The zero-order chi connectivity index (χ0) is 22.9. The van der Waals surface area contributed by atoms with E-state index in [0.717, 1.165) is 12.0 Å². The van der Waals surface area contributed by atoms with Gasteiger partial charge in [0.2, 0.25) is 0 Å². The van der Waals surface area contributed by atoms with Crippen molar-refractivity contribution in [3.63, 3.8) is 0 Å². The third-order valence-electron chi connectivity index (χ3n) is 5.31. The molecule has 0 aliphatic rings. The Morgan fingerprint density at radius 2 is 1.55 bits per heavy atom. The van der Waals surface area contributed by atoms with Crippen molar-refractivity contribution in [1.29, 1.82) is 0 Å². The van der Waals surface area contributed by atoms with E-state index in [1.807, 2.05) is 12.1 Å². The minimum atomic E-state index is -1.40. The third-order valence-corrected chi connectivity index (χ3v) is 5.31. The third kappa shape index (κ3) is 12.2. The van der Waals surface area contributed by atoms with Gasteiger partial charge in [-0.15, -0.1) is 0 Å². The average molecular weight is 440 g/mol. The van der Waals surface area contributed by atoms with Gasteiger partial charge < -0.3 is 30.5 Å². The Hall–Kier alpha value is -1.51. The summed E-state index contributed by atoms with van der Waals surface area (Å²) >= 11 is 0. The second-order valence-corrected chi connectivity index (χ2v) is 7.96. The molecule has 0 fully saturated rings. The fraction of sp³-hybridized carbons (Fsp3) is 0.708. The van der Waals surface area contributed by atoms with Crippen LogP contribution in [-0.4, -0.2) is 66.0 Å². The molecule has 0 saturated heterocycles. The minimum absolute atomic E-state index is 0.0273. The summed E-state index contributed by atoms with van der Waals surface area (Å²) in [7, 11) is 0. The number of aliphatic hydroxyl groups is 3. The smallest absolute Gasteiger partial charge is 0.325 e. The van der Waals surface area contributed by atoms with Gasteiger partial charge in [-0.2, -0.15) is 0 Å². The highest BCUT2D eigenvalue weighted by molar-refractivity contribution is 5.76. The monoisotopic (exact) mass is 439 g/mol. The molecule has 7 nitrogen and oxygen atoms in total. The summed E-state index contributed by atoms with van der Waals surface area (Å²) in [6, 6.07) is 7.00.